The summed E-state index contributed by atoms with van der Waals surface area (Å²) in [7, 11) is -1.78. The Hall–Kier alpha value is -1.30. The normalized spacial score (nSPS) is 10.1. The van der Waals surface area contributed by atoms with Crippen LogP contribution in [0.1, 0.15) is 5.56 Å². The molecule has 0 nitrogen and oxygen atoms in total. The number of rotatable bonds is 5. The van der Waals surface area contributed by atoms with Crippen LogP contribution in [0, 0.1) is 0 Å². The standard InChI is InChI=1S/C25H22P.2BrH.H3P/c1-5-13-22(14-6-1)21-26(23-15-7-2-8-16-23,24-17-9-3-10-18-24)25-19-11-4-12-20-25;;;/h1-20H,21H2;2*1H;1H3/q+1;;;/p-1. The molecule has 4 heteroatoms. The smallest absolute Gasteiger partial charge is 0.116 e. The molecule has 150 valence electrons. The van der Waals surface area contributed by atoms with Crippen molar-refractivity contribution in [1.82, 2.24) is 0 Å². The van der Waals surface area contributed by atoms with E-state index in [0.29, 0.717) is 0 Å². The largest absolute Gasteiger partial charge is 1.00 e. The quantitative estimate of drug-likeness (QED) is 0.281. The van der Waals surface area contributed by atoms with Gasteiger partial charge in [0.2, 0.25) is 0 Å². The van der Waals surface area contributed by atoms with Crippen molar-refractivity contribution in [3.05, 3.63) is 127 Å². The maximum Gasteiger partial charge on any atom is 0.116 e. The van der Waals surface area contributed by atoms with Gasteiger partial charge in [-0.05, 0) is 51.9 Å². The predicted octanol–water partition coefficient (Wildman–Crippen LogP) is -1.02. The molecule has 0 spiro atoms. The van der Waals surface area contributed by atoms with E-state index in [-0.39, 0.29) is 43.9 Å². The van der Waals surface area contributed by atoms with Gasteiger partial charge in [0.25, 0.3) is 0 Å². The molecule has 0 saturated heterocycles. The maximum atomic E-state index is 2.30. The third kappa shape index (κ3) is 5.65. The third-order valence-electron chi connectivity index (χ3n) is 4.85. The SMILES string of the molecule is [Br-].[Br-].[PH4+].c1ccc(C[P+](c2ccccc2)(c2ccccc2)c2ccccc2)cc1. The second kappa shape index (κ2) is 12.4. The zero-order chi connectivity index (χ0) is 17.7. The minimum atomic E-state index is -1.78. The molecule has 0 amide bonds. The van der Waals surface area contributed by atoms with Gasteiger partial charge in [0, 0.05) is 0 Å². The lowest BCUT2D eigenvalue weighted by Crippen LogP contribution is -3.00. The Morgan fingerprint density at radius 2 is 0.690 bits per heavy atom. The summed E-state index contributed by atoms with van der Waals surface area (Å²) in [6, 6.07) is 44.0. The van der Waals surface area contributed by atoms with Crippen LogP contribution in [0.4, 0.5) is 0 Å². The summed E-state index contributed by atoms with van der Waals surface area (Å²) < 4.78 is 0. The van der Waals surface area contributed by atoms with Gasteiger partial charge in [-0.2, -0.15) is 0 Å². The van der Waals surface area contributed by atoms with Crippen molar-refractivity contribution in [2.75, 3.05) is 0 Å². The lowest BCUT2D eigenvalue weighted by atomic mass is 10.2. The first-order valence-corrected chi connectivity index (χ1v) is 11.0. The summed E-state index contributed by atoms with van der Waals surface area (Å²) in [6.07, 6.45) is 1.03. The van der Waals surface area contributed by atoms with Crippen LogP contribution in [0.25, 0.3) is 0 Å². The predicted molar refractivity (Wildman–Crippen MR) is 128 cm³/mol. The van der Waals surface area contributed by atoms with Crippen molar-refractivity contribution in [2.45, 2.75) is 6.16 Å². The number of halogens is 2. The van der Waals surface area contributed by atoms with E-state index >= 15 is 0 Å². The fourth-order valence-corrected chi connectivity index (χ4v) is 7.87. The Morgan fingerprint density at radius 3 is 1.00 bits per heavy atom. The lowest BCUT2D eigenvalue weighted by Gasteiger charge is -2.27. The highest BCUT2D eigenvalue weighted by atomic mass is 79.9. The monoisotopic (exact) mass is 546 g/mol. The molecule has 0 radical (unpaired) electrons. The van der Waals surface area contributed by atoms with Crippen molar-refractivity contribution >= 4 is 33.1 Å². The fourth-order valence-electron chi connectivity index (χ4n) is 3.63. The van der Waals surface area contributed by atoms with Gasteiger partial charge in [-0.25, -0.2) is 0 Å². The molecule has 4 aromatic rings. The molecule has 4 aromatic carbocycles. The highest BCUT2D eigenvalue weighted by Gasteiger charge is 2.45. The Bertz CT molecular complexity index is 850. The van der Waals surface area contributed by atoms with Crippen LogP contribution in [-0.2, 0) is 6.16 Å². The summed E-state index contributed by atoms with van der Waals surface area (Å²) in [5.74, 6) is 0. The average Bonchev–Trinajstić information content (AvgIpc) is 2.75. The molecule has 4 rings (SSSR count). The molecule has 29 heavy (non-hydrogen) atoms. The van der Waals surface area contributed by atoms with E-state index in [1.807, 2.05) is 0 Å². The second-order valence-corrected chi connectivity index (χ2v) is 9.95. The summed E-state index contributed by atoms with van der Waals surface area (Å²) >= 11 is 0. The molecule has 0 aliphatic rings. The summed E-state index contributed by atoms with van der Waals surface area (Å²) in [6.45, 7) is 0. The van der Waals surface area contributed by atoms with Crippen LogP contribution in [0.5, 0.6) is 0 Å². The van der Waals surface area contributed by atoms with E-state index in [2.05, 4.69) is 121 Å². The molecule has 1 atom stereocenters. The van der Waals surface area contributed by atoms with Crippen molar-refractivity contribution in [3.63, 3.8) is 0 Å². The lowest BCUT2D eigenvalue weighted by molar-refractivity contribution is -0.00100. The van der Waals surface area contributed by atoms with Gasteiger partial charge in [0.1, 0.15) is 23.2 Å². The summed E-state index contributed by atoms with van der Waals surface area (Å²) in [5.41, 5.74) is 1.39. The van der Waals surface area contributed by atoms with E-state index < -0.39 is 7.26 Å². The molecule has 0 aromatic heterocycles. The van der Waals surface area contributed by atoms with Crippen molar-refractivity contribution in [2.24, 2.45) is 0 Å². The number of hydrogen-bond acceptors (Lipinski definition) is 0. The zero-order valence-electron chi connectivity index (χ0n) is 16.5. The Labute approximate surface area is 199 Å². The number of hydrogen-bond donors (Lipinski definition) is 0. The van der Waals surface area contributed by atoms with Crippen LogP contribution < -0.4 is 49.9 Å². The molecule has 0 saturated carbocycles. The van der Waals surface area contributed by atoms with Crippen LogP contribution in [0.15, 0.2) is 121 Å². The van der Waals surface area contributed by atoms with Gasteiger partial charge in [-0.15, -0.1) is 0 Å². The van der Waals surface area contributed by atoms with E-state index in [1.54, 1.807) is 0 Å². The summed E-state index contributed by atoms with van der Waals surface area (Å²) in [4.78, 5) is 0. The Morgan fingerprint density at radius 1 is 0.414 bits per heavy atom. The third-order valence-corrected chi connectivity index (χ3v) is 9.23. The Kier molecular flexibility index (Phi) is 11.0. The van der Waals surface area contributed by atoms with Crippen LogP contribution in [0.3, 0.4) is 0 Å². The highest BCUT2D eigenvalue weighted by molar-refractivity contribution is 7.95. The highest BCUT2D eigenvalue weighted by Crippen LogP contribution is 2.58. The zero-order valence-corrected chi connectivity index (χ0v) is 22.5. The van der Waals surface area contributed by atoms with E-state index in [0.717, 1.165) is 6.16 Å². The van der Waals surface area contributed by atoms with Crippen LogP contribution in [-0.4, -0.2) is 0 Å². The summed E-state index contributed by atoms with van der Waals surface area (Å²) in [5, 5.41) is 4.30. The van der Waals surface area contributed by atoms with Crippen molar-refractivity contribution < 1.29 is 34.0 Å². The van der Waals surface area contributed by atoms with Gasteiger partial charge >= 0.3 is 0 Å². The molecular weight excluding hydrogens is 522 g/mol. The van der Waals surface area contributed by atoms with E-state index in [1.165, 1.54) is 21.5 Å². The van der Waals surface area contributed by atoms with Gasteiger partial charge in [-0.3, -0.25) is 0 Å². The topological polar surface area (TPSA) is 0 Å². The first-order chi connectivity index (χ1) is 12.9. The van der Waals surface area contributed by atoms with E-state index in [4.69, 9.17) is 0 Å². The van der Waals surface area contributed by atoms with Crippen LogP contribution in [0.2, 0.25) is 0 Å². The molecule has 0 heterocycles. The van der Waals surface area contributed by atoms with Gasteiger partial charge < -0.3 is 34.0 Å². The molecule has 0 fully saturated rings. The maximum absolute atomic E-state index is 2.30. The van der Waals surface area contributed by atoms with Crippen molar-refractivity contribution in [1.29, 1.82) is 0 Å². The van der Waals surface area contributed by atoms with E-state index in [9.17, 15) is 0 Å². The molecule has 0 aliphatic heterocycles. The Balaban J connectivity index is 0.00000140. The molecule has 0 aliphatic carbocycles. The van der Waals surface area contributed by atoms with Crippen molar-refractivity contribution in [3.8, 4) is 0 Å². The molecular formula is C25H26Br2P2. The van der Waals surface area contributed by atoms with Gasteiger partial charge in [0.15, 0.2) is 0 Å². The minimum absolute atomic E-state index is 0. The first-order valence-electron chi connectivity index (χ1n) is 8.98. The second-order valence-electron chi connectivity index (χ2n) is 6.46. The number of benzene rings is 4. The molecule has 0 N–H and O–H groups in total. The first kappa shape index (κ1) is 25.7. The van der Waals surface area contributed by atoms with Gasteiger partial charge in [0.05, 0.1) is 6.16 Å². The van der Waals surface area contributed by atoms with Gasteiger partial charge in [-0.1, -0.05) is 84.9 Å². The van der Waals surface area contributed by atoms with Crippen LogP contribution >= 0.6 is 17.2 Å². The molecule has 1 unspecified atom stereocenters. The molecule has 0 bridgehead atoms. The average molecular weight is 548 g/mol. The fraction of sp³-hybridized carbons (Fsp3) is 0.0400. The minimum Gasteiger partial charge on any atom is -1.00 e.